The Bertz CT molecular complexity index is 516. The molecule has 0 bridgehead atoms. The maximum Gasteiger partial charge on any atom is 0.422 e. The molecular formula is C13H13BrF3NO3. The van der Waals surface area contributed by atoms with Crippen LogP contribution in [0.15, 0.2) is 22.7 Å². The average Bonchev–Trinajstić information content (AvgIpc) is 2.46. The Morgan fingerprint density at radius 2 is 2.00 bits per heavy atom. The topological polar surface area (TPSA) is 38.8 Å². The molecule has 4 nitrogen and oxygen atoms in total. The Morgan fingerprint density at radius 3 is 2.62 bits per heavy atom. The van der Waals surface area contributed by atoms with E-state index in [1.165, 1.54) is 12.1 Å². The Labute approximate surface area is 127 Å². The highest BCUT2D eigenvalue weighted by Gasteiger charge is 2.29. The van der Waals surface area contributed by atoms with E-state index in [4.69, 9.17) is 9.47 Å². The fourth-order valence-electron chi connectivity index (χ4n) is 1.86. The van der Waals surface area contributed by atoms with Crippen LogP contribution in [0.1, 0.15) is 10.4 Å². The molecule has 21 heavy (non-hydrogen) atoms. The fourth-order valence-corrected chi connectivity index (χ4v) is 2.22. The summed E-state index contributed by atoms with van der Waals surface area (Å²) in [5.74, 6) is -0.255. The van der Waals surface area contributed by atoms with Crippen LogP contribution in [0.4, 0.5) is 13.2 Å². The molecule has 0 spiro atoms. The minimum Gasteiger partial charge on any atom is -0.483 e. The molecule has 116 valence electrons. The number of rotatable bonds is 3. The summed E-state index contributed by atoms with van der Waals surface area (Å²) in [6.07, 6.45) is -4.43. The molecule has 1 saturated heterocycles. The molecule has 1 fully saturated rings. The van der Waals surface area contributed by atoms with Crippen molar-refractivity contribution in [2.24, 2.45) is 0 Å². The summed E-state index contributed by atoms with van der Waals surface area (Å²) >= 11 is 3.11. The van der Waals surface area contributed by atoms with Gasteiger partial charge >= 0.3 is 6.18 Å². The molecule has 0 aliphatic carbocycles. The molecule has 1 aliphatic rings. The van der Waals surface area contributed by atoms with Gasteiger partial charge in [0.05, 0.1) is 17.7 Å². The van der Waals surface area contributed by atoms with Crippen LogP contribution in [-0.4, -0.2) is 49.9 Å². The fraction of sp³-hybridized carbons (Fsp3) is 0.462. The van der Waals surface area contributed by atoms with Crippen molar-refractivity contribution in [2.75, 3.05) is 32.9 Å². The number of morpholine rings is 1. The van der Waals surface area contributed by atoms with Crippen molar-refractivity contribution in [2.45, 2.75) is 6.18 Å². The molecule has 0 atom stereocenters. The van der Waals surface area contributed by atoms with Crippen molar-refractivity contribution < 1.29 is 27.4 Å². The number of carbonyl (C=O) groups is 1. The van der Waals surface area contributed by atoms with Gasteiger partial charge < -0.3 is 14.4 Å². The van der Waals surface area contributed by atoms with Gasteiger partial charge in [0.15, 0.2) is 6.61 Å². The minimum absolute atomic E-state index is 0.00793. The number of ether oxygens (including phenoxy) is 2. The highest BCUT2D eigenvalue weighted by atomic mass is 79.9. The molecule has 0 N–H and O–H groups in total. The molecule has 2 rings (SSSR count). The molecule has 1 heterocycles. The first-order valence-corrected chi connectivity index (χ1v) is 7.02. The first-order valence-electron chi connectivity index (χ1n) is 6.23. The summed E-state index contributed by atoms with van der Waals surface area (Å²) < 4.78 is 46.8. The molecular weight excluding hydrogens is 355 g/mol. The van der Waals surface area contributed by atoms with Crippen LogP contribution in [0.2, 0.25) is 0 Å². The van der Waals surface area contributed by atoms with Gasteiger partial charge in [-0.2, -0.15) is 13.2 Å². The van der Waals surface area contributed by atoms with Crippen LogP contribution >= 0.6 is 15.9 Å². The van der Waals surface area contributed by atoms with Gasteiger partial charge in [-0.25, -0.2) is 0 Å². The van der Waals surface area contributed by atoms with Gasteiger partial charge in [0.2, 0.25) is 0 Å². The summed E-state index contributed by atoms with van der Waals surface area (Å²) in [7, 11) is 0. The summed E-state index contributed by atoms with van der Waals surface area (Å²) in [6.45, 7) is 0.446. The van der Waals surface area contributed by atoms with E-state index in [1.54, 1.807) is 11.0 Å². The Balaban J connectivity index is 2.11. The summed E-state index contributed by atoms with van der Waals surface area (Å²) in [5.41, 5.74) is 0.289. The van der Waals surface area contributed by atoms with Gasteiger partial charge in [-0.15, -0.1) is 0 Å². The molecule has 8 heteroatoms. The quantitative estimate of drug-likeness (QED) is 0.824. The number of alkyl halides is 3. The maximum absolute atomic E-state index is 12.2. The predicted molar refractivity (Wildman–Crippen MR) is 72.4 cm³/mol. The summed E-state index contributed by atoms with van der Waals surface area (Å²) in [6, 6.07) is 4.36. The van der Waals surface area contributed by atoms with Gasteiger partial charge in [0.1, 0.15) is 5.75 Å². The number of amides is 1. The maximum atomic E-state index is 12.2. The van der Waals surface area contributed by atoms with Gasteiger partial charge in [0.25, 0.3) is 5.91 Å². The van der Waals surface area contributed by atoms with E-state index in [9.17, 15) is 18.0 Å². The largest absolute Gasteiger partial charge is 0.483 e. The van der Waals surface area contributed by atoms with E-state index in [1.807, 2.05) is 0 Å². The van der Waals surface area contributed by atoms with Crippen LogP contribution in [0.3, 0.4) is 0 Å². The smallest absolute Gasteiger partial charge is 0.422 e. The number of halogens is 4. The van der Waals surface area contributed by atoms with Gasteiger partial charge in [0, 0.05) is 18.7 Å². The van der Waals surface area contributed by atoms with E-state index in [0.717, 1.165) is 0 Å². The van der Waals surface area contributed by atoms with Gasteiger partial charge in [-0.1, -0.05) is 0 Å². The van der Waals surface area contributed by atoms with Gasteiger partial charge in [-0.05, 0) is 34.1 Å². The van der Waals surface area contributed by atoms with E-state index in [2.05, 4.69) is 15.9 Å². The van der Waals surface area contributed by atoms with Crippen molar-refractivity contribution in [1.82, 2.24) is 4.90 Å². The lowest BCUT2D eigenvalue weighted by Gasteiger charge is -2.27. The van der Waals surface area contributed by atoms with Crippen LogP contribution in [0.25, 0.3) is 0 Å². The number of hydrogen-bond donors (Lipinski definition) is 0. The second kappa shape index (κ2) is 6.65. The molecule has 0 radical (unpaired) electrons. The van der Waals surface area contributed by atoms with E-state index >= 15 is 0 Å². The number of nitrogens with zero attached hydrogens (tertiary/aromatic N) is 1. The standard InChI is InChI=1S/C13H13BrF3NO3/c14-10-2-1-9(7-11(10)21-8-13(15,16)17)12(19)18-3-5-20-6-4-18/h1-2,7H,3-6,8H2. The summed E-state index contributed by atoms with van der Waals surface area (Å²) in [5, 5.41) is 0. The number of hydrogen-bond acceptors (Lipinski definition) is 3. The van der Waals surface area contributed by atoms with Crippen molar-refractivity contribution in [3.05, 3.63) is 28.2 Å². The van der Waals surface area contributed by atoms with Gasteiger partial charge in [-0.3, -0.25) is 4.79 Å². The van der Waals surface area contributed by atoms with Crippen molar-refractivity contribution in [1.29, 1.82) is 0 Å². The zero-order chi connectivity index (χ0) is 15.5. The molecule has 1 aromatic rings. The first-order chi connectivity index (χ1) is 9.87. The molecule has 0 saturated carbocycles. The number of benzene rings is 1. The monoisotopic (exact) mass is 367 g/mol. The van der Waals surface area contributed by atoms with E-state index < -0.39 is 12.8 Å². The Kier molecular flexibility index (Phi) is 5.10. The lowest BCUT2D eigenvalue weighted by molar-refractivity contribution is -0.153. The lowest BCUT2D eigenvalue weighted by atomic mass is 10.2. The Morgan fingerprint density at radius 1 is 1.33 bits per heavy atom. The van der Waals surface area contributed by atoms with Crippen LogP contribution in [0.5, 0.6) is 5.75 Å². The third kappa shape index (κ3) is 4.60. The molecule has 1 amide bonds. The van der Waals surface area contributed by atoms with E-state index in [0.29, 0.717) is 30.8 Å². The summed E-state index contributed by atoms with van der Waals surface area (Å²) in [4.78, 5) is 13.8. The molecule has 0 unspecified atom stereocenters. The minimum atomic E-state index is -4.43. The van der Waals surface area contributed by atoms with E-state index in [-0.39, 0.29) is 17.2 Å². The zero-order valence-electron chi connectivity index (χ0n) is 11.0. The third-order valence-corrected chi connectivity index (χ3v) is 3.52. The first kappa shape index (κ1) is 16.1. The third-order valence-electron chi connectivity index (χ3n) is 2.87. The second-order valence-corrected chi connectivity index (χ2v) is 5.31. The highest BCUT2D eigenvalue weighted by molar-refractivity contribution is 9.10. The molecule has 1 aromatic carbocycles. The Hall–Kier alpha value is -1.28. The van der Waals surface area contributed by atoms with Crippen LogP contribution < -0.4 is 4.74 Å². The lowest BCUT2D eigenvalue weighted by Crippen LogP contribution is -2.40. The number of carbonyl (C=O) groups excluding carboxylic acids is 1. The predicted octanol–water partition coefficient (Wildman–Crippen LogP) is 2.86. The SMILES string of the molecule is O=C(c1ccc(Br)c(OCC(F)(F)F)c1)N1CCOCC1. The zero-order valence-corrected chi connectivity index (χ0v) is 12.5. The second-order valence-electron chi connectivity index (χ2n) is 4.45. The highest BCUT2D eigenvalue weighted by Crippen LogP contribution is 2.28. The van der Waals surface area contributed by atoms with Crippen molar-refractivity contribution in [3.8, 4) is 5.75 Å². The van der Waals surface area contributed by atoms with Crippen LogP contribution in [0, 0.1) is 0 Å². The average molecular weight is 368 g/mol. The van der Waals surface area contributed by atoms with Crippen LogP contribution in [-0.2, 0) is 4.74 Å². The van der Waals surface area contributed by atoms with Crippen molar-refractivity contribution >= 4 is 21.8 Å². The van der Waals surface area contributed by atoms with Crippen molar-refractivity contribution in [3.63, 3.8) is 0 Å². The molecule has 0 aromatic heterocycles. The molecule has 1 aliphatic heterocycles. The normalized spacial score (nSPS) is 15.9.